The highest BCUT2D eigenvalue weighted by molar-refractivity contribution is 5.36. The van der Waals surface area contributed by atoms with Crippen LogP contribution in [0.2, 0.25) is 0 Å². The molecule has 1 nitrogen and oxygen atoms in total. The number of hydrogen-bond donors (Lipinski definition) is 1. The molecule has 0 heterocycles. The molecule has 0 radical (unpaired) electrons. The van der Waals surface area contributed by atoms with Gasteiger partial charge in [0.05, 0.1) is 0 Å². The van der Waals surface area contributed by atoms with E-state index < -0.39 is 0 Å². The second kappa shape index (κ2) is 8.38. The van der Waals surface area contributed by atoms with Gasteiger partial charge in [0.25, 0.3) is 0 Å². The minimum absolute atomic E-state index is 0.549. The summed E-state index contributed by atoms with van der Waals surface area (Å²) >= 11 is 0. The van der Waals surface area contributed by atoms with Gasteiger partial charge in [0.2, 0.25) is 0 Å². The first kappa shape index (κ1) is 16.3. The van der Waals surface area contributed by atoms with Crippen molar-refractivity contribution in [3.05, 3.63) is 47.0 Å². The summed E-state index contributed by atoms with van der Waals surface area (Å²) in [5, 5.41) is 0. The summed E-state index contributed by atoms with van der Waals surface area (Å²) in [7, 11) is 0. The van der Waals surface area contributed by atoms with Gasteiger partial charge in [0.15, 0.2) is 0 Å². The Morgan fingerprint density at radius 2 is 2.19 bits per heavy atom. The molecule has 21 heavy (non-hydrogen) atoms. The minimum Gasteiger partial charge on any atom is -0.330 e. The van der Waals surface area contributed by atoms with E-state index in [1.165, 1.54) is 50.5 Å². The van der Waals surface area contributed by atoms with Crippen LogP contribution in [0.15, 0.2) is 30.4 Å². The summed E-state index contributed by atoms with van der Waals surface area (Å²) in [6, 6.07) is 7.16. The van der Waals surface area contributed by atoms with Crippen molar-refractivity contribution in [2.45, 2.75) is 64.7 Å². The highest BCUT2D eigenvalue weighted by Crippen LogP contribution is 2.31. The van der Waals surface area contributed by atoms with Crippen LogP contribution >= 0.6 is 0 Å². The van der Waals surface area contributed by atoms with Crippen molar-refractivity contribution in [3.63, 3.8) is 0 Å². The molecule has 1 aliphatic rings. The molecule has 0 amide bonds. The van der Waals surface area contributed by atoms with Crippen LogP contribution in [0.5, 0.6) is 0 Å². The van der Waals surface area contributed by atoms with Gasteiger partial charge in [-0.1, -0.05) is 43.7 Å². The number of hydrogen-bond acceptors (Lipinski definition) is 1. The minimum atomic E-state index is 0.549. The van der Waals surface area contributed by atoms with Gasteiger partial charge in [0, 0.05) is 0 Å². The van der Waals surface area contributed by atoms with E-state index in [4.69, 9.17) is 5.73 Å². The maximum absolute atomic E-state index is 5.95. The SMILES string of the molecule is C/C=C\CC[C@H]1CCc2cc(C(CN)CCC)ccc2C1. The van der Waals surface area contributed by atoms with Crippen molar-refractivity contribution in [3.8, 4) is 0 Å². The zero-order valence-electron chi connectivity index (χ0n) is 13.8. The third kappa shape index (κ3) is 4.44. The van der Waals surface area contributed by atoms with Crippen LogP contribution in [-0.2, 0) is 12.8 Å². The van der Waals surface area contributed by atoms with Gasteiger partial charge < -0.3 is 5.73 Å². The third-order valence-corrected chi connectivity index (χ3v) is 4.93. The van der Waals surface area contributed by atoms with Crippen LogP contribution in [0.3, 0.4) is 0 Å². The van der Waals surface area contributed by atoms with E-state index in [0.717, 1.165) is 12.5 Å². The Morgan fingerprint density at radius 1 is 1.33 bits per heavy atom. The molecule has 1 aromatic rings. The number of nitrogens with two attached hydrogens (primary N) is 1. The Bertz CT molecular complexity index is 461. The average molecular weight is 285 g/mol. The van der Waals surface area contributed by atoms with Crippen LogP contribution in [0.4, 0.5) is 0 Å². The quantitative estimate of drug-likeness (QED) is 0.702. The van der Waals surface area contributed by atoms with E-state index in [-0.39, 0.29) is 0 Å². The van der Waals surface area contributed by atoms with Gasteiger partial charge in [-0.3, -0.25) is 0 Å². The monoisotopic (exact) mass is 285 g/mol. The maximum Gasteiger partial charge on any atom is -0.000824 e. The summed E-state index contributed by atoms with van der Waals surface area (Å²) < 4.78 is 0. The molecule has 2 rings (SSSR count). The smallest absolute Gasteiger partial charge is 0.000824 e. The largest absolute Gasteiger partial charge is 0.330 e. The Labute approximate surface area is 130 Å². The lowest BCUT2D eigenvalue weighted by Crippen LogP contribution is -2.16. The lowest BCUT2D eigenvalue weighted by atomic mass is 9.80. The van der Waals surface area contributed by atoms with E-state index in [1.54, 1.807) is 11.1 Å². The molecule has 1 aromatic carbocycles. The Hall–Kier alpha value is -1.08. The molecular formula is C20H31N. The van der Waals surface area contributed by atoms with Gasteiger partial charge in [-0.25, -0.2) is 0 Å². The second-order valence-electron chi connectivity index (χ2n) is 6.50. The molecule has 116 valence electrons. The maximum atomic E-state index is 5.95. The van der Waals surface area contributed by atoms with E-state index >= 15 is 0 Å². The van der Waals surface area contributed by atoms with Crippen molar-refractivity contribution in [2.24, 2.45) is 11.7 Å². The van der Waals surface area contributed by atoms with Crippen LogP contribution in [0.1, 0.15) is 68.6 Å². The van der Waals surface area contributed by atoms with E-state index in [2.05, 4.69) is 44.2 Å². The molecule has 0 saturated heterocycles. The van der Waals surface area contributed by atoms with Crippen molar-refractivity contribution in [2.75, 3.05) is 6.54 Å². The van der Waals surface area contributed by atoms with Gasteiger partial charge >= 0.3 is 0 Å². The molecule has 1 aliphatic carbocycles. The molecule has 0 saturated carbocycles. The molecule has 2 atom stereocenters. The molecule has 1 unspecified atom stereocenters. The highest BCUT2D eigenvalue weighted by atomic mass is 14.5. The fourth-order valence-electron chi connectivity index (χ4n) is 3.62. The lowest BCUT2D eigenvalue weighted by Gasteiger charge is -2.26. The van der Waals surface area contributed by atoms with Gasteiger partial charge in [-0.05, 0) is 80.5 Å². The predicted octanol–water partition coefficient (Wildman–Crippen LogP) is 4.99. The Morgan fingerprint density at radius 3 is 2.90 bits per heavy atom. The van der Waals surface area contributed by atoms with Gasteiger partial charge in [0.1, 0.15) is 0 Å². The van der Waals surface area contributed by atoms with Crippen molar-refractivity contribution >= 4 is 0 Å². The Kier molecular flexibility index (Phi) is 6.50. The molecule has 0 aromatic heterocycles. The standard InChI is InChI=1S/C20H31N/c1-3-5-6-8-16-9-10-18-14-19(12-11-17(18)13-16)20(15-21)7-4-2/h3,5,11-12,14,16,20H,4,6-10,13,15,21H2,1-2H3/b5-3-/t16-,20?/m0/s1. The first-order valence-electron chi connectivity index (χ1n) is 8.71. The number of aryl methyl sites for hydroxylation is 1. The topological polar surface area (TPSA) is 26.0 Å². The second-order valence-corrected chi connectivity index (χ2v) is 6.50. The van der Waals surface area contributed by atoms with Crippen molar-refractivity contribution in [1.82, 2.24) is 0 Å². The molecule has 2 N–H and O–H groups in total. The van der Waals surface area contributed by atoms with Crippen molar-refractivity contribution < 1.29 is 0 Å². The van der Waals surface area contributed by atoms with Gasteiger partial charge in [-0.2, -0.15) is 0 Å². The van der Waals surface area contributed by atoms with E-state index in [0.29, 0.717) is 5.92 Å². The predicted molar refractivity (Wildman–Crippen MR) is 92.7 cm³/mol. The third-order valence-electron chi connectivity index (χ3n) is 4.93. The highest BCUT2D eigenvalue weighted by Gasteiger charge is 2.19. The zero-order valence-corrected chi connectivity index (χ0v) is 13.8. The number of allylic oxidation sites excluding steroid dienone is 2. The van der Waals surface area contributed by atoms with E-state index in [9.17, 15) is 0 Å². The van der Waals surface area contributed by atoms with Gasteiger partial charge in [-0.15, -0.1) is 0 Å². The first-order valence-corrected chi connectivity index (χ1v) is 8.71. The summed E-state index contributed by atoms with van der Waals surface area (Å²) in [6.07, 6.45) is 13.4. The normalized spacial score (nSPS) is 19.7. The molecular weight excluding hydrogens is 254 g/mol. The van der Waals surface area contributed by atoms with Crippen LogP contribution < -0.4 is 5.73 Å². The molecule has 1 heteroatoms. The molecule has 0 aliphatic heterocycles. The number of benzene rings is 1. The summed E-state index contributed by atoms with van der Waals surface area (Å²) in [6.45, 7) is 5.14. The van der Waals surface area contributed by atoms with Crippen LogP contribution in [0.25, 0.3) is 0 Å². The molecule has 0 bridgehead atoms. The average Bonchev–Trinajstić information content (AvgIpc) is 2.52. The van der Waals surface area contributed by atoms with Crippen molar-refractivity contribution in [1.29, 1.82) is 0 Å². The fourth-order valence-corrected chi connectivity index (χ4v) is 3.62. The number of rotatable bonds is 7. The van der Waals surface area contributed by atoms with Crippen LogP contribution in [-0.4, -0.2) is 6.54 Å². The zero-order chi connectivity index (χ0) is 15.1. The summed E-state index contributed by atoms with van der Waals surface area (Å²) in [5.74, 6) is 1.42. The Balaban J connectivity index is 2.03. The summed E-state index contributed by atoms with van der Waals surface area (Å²) in [5.41, 5.74) is 10.6. The fraction of sp³-hybridized carbons (Fsp3) is 0.600. The lowest BCUT2D eigenvalue weighted by molar-refractivity contribution is 0.430. The number of fused-ring (bicyclic) bond motifs is 1. The molecule has 0 spiro atoms. The van der Waals surface area contributed by atoms with Crippen LogP contribution in [0, 0.1) is 5.92 Å². The first-order chi connectivity index (χ1) is 10.3. The van der Waals surface area contributed by atoms with E-state index in [1.807, 2.05) is 0 Å². The molecule has 0 fully saturated rings. The summed E-state index contributed by atoms with van der Waals surface area (Å²) in [4.78, 5) is 0.